The van der Waals surface area contributed by atoms with Crippen LogP contribution in [0.1, 0.15) is 17.2 Å². The lowest BCUT2D eigenvalue weighted by atomic mass is 9.99. The summed E-state index contributed by atoms with van der Waals surface area (Å²) in [5.74, 6) is 3.41. The minimum atomic E-state index is -0.692. The van der Waals surface area contributed by atoms with Gasteiger partial charge in [0, 0.05) is 11.6 Å². The monoisotopic (exact) mass is 300 g/mol. The fourth-order valence-corrected chi connectivity index (χ4v) is 2.19. The van der Waals surface area contributed by atoms with E-state index in [9.17, 15) is 13.2 Å². The first-order valence-electron chi connectivity index (χ1n) is 5.86. The van der Waals surface area contributed by atoms with Crippen LogP contribution in [0.2, 0.25) is 5.02 Å². The van der Waals surface area contributed by atoms with Crippen molar-refractivity contribution in [3.8, 4) is 0 Å². The molecule has 20 heavy (non-hydrogen) atoms. The normalized spacial score (nSPS) is 12.4. The van der Waals surface area contributed by atoms with Crippen LogP contribution in [0.25, 0.3) is 0 Å². The van der Waals surface area contributed by atoms with Gasteiger partial charge in [0.2, 0.25) is 0 Å². The third-order valence-electron chi connectivity index (χ3n) is 2.92. The van der Waals surface area contributed by atoms with E-state index in [1.807, 2.05) is 0 Å². The van der Waals surface area contributed by atoms with E-state index in [0.29, 0.717) is 5.56 Å². The van der Waals surface area contributed by atoms with E-state index in [1.54, 1.807) is 6.07 Å². The van der Waals surface area contributed by atoms with E-state index in [1.165, 1.54) is 24.3 Å². The minimum absolute atomic E-state index is 0.0341. The first kappa shape index (κ1) is 14.8. The summed E-state index contributed by atoms with van der Waals surface area (Å²) in [6.45, 7) is 0. The van der Waals surface area contributed by atoms with Gasteiger partial charge in [-0.15, -0.1) is 0 Å². The van der Waals surface area contributed by atoms with Crippen molar-refractivity contribution in [1.82, 2.24) is 5.43 Å². The van der Waals surface area contributed by atoms with Crippen LogP contribution in [-0.4, -0.2) is 0 Å². The van der Waals surface area contributed by atoms with E-state index in [2.05, 4.69) is 5.43 Å². The van der Waals surface area contributed by atoms with Crippen LogP contribution in [0.5, 0.6) is 0 Å². The zero-order chi connectivity index (χ0) is 14.7. The van der Waals surface area contributed by atoms with Crippen LogP contribution in [0.4, 0.5) is 13.2 Å². The quantitative estimate of drug-likeness (QED) is 0.670. The van der Waals surface area contributed by atoms with Gasteiger partial charge in [-0.1, -0.05) is 23.7 Å². The van der Waals surface area contributed by atoms with Gasteiger partial charge < -0.3 is 0 Å². The van der Waals surface area contributed by atoms with Crippen LogP contribution >= 0.6 is 11.6 Å². The van der Waals surface area contributed by atoms with Crippen molar-refractivity contribution < 1.29 is 13.2 Å². The molecule has 0 radical (unpaired) electrons. The molecule has 6 heteroatoms. The summed E-state index contributed by atoms with van der Waals surface area (Å²) in [5, 5.41) is -0.0341. The Morgan fingerprint density at radius 3 is 2.35 bits per heavy atom. The number of nitrogens with one attached hydrogen (secondary N) is 1. The Hall–Kier alpha value is -1.56. The molecule has 0 saturated heterocycles. The average Bonchev–Trinajstić information content (AvgIpc) is 2.38. The molecule has 0 spiro atoms. The van der Waals surface area contributed by atoms with Gasteiger partial charge >= 0.3 is 0 Å². The predicted molar refractivity (Wildman–Crippen MR) is 71.5 cm³/mol. The summed E-state index contributed by atoms with van der Waals surface area (Å²) >= 11 is 5.70. The first-order valence-corrected chi connectivity index (χ1v) is 6.24. The van der Waals surface area contributed by atoms with Crippen molar-refractivity contribution in [1.29, 1.82) is 0 Å². The Morgan fingerprint density at radius 2 is 1.75 bits per heavy atom. The summed E-state index contributed by atoms with van der Waals surface area (Å²) in [6, 6.07) is 6.99. The zero-order valence-corrected chi connectivity index (χ0v) is 11.1. The molecule has 0 amide bonds. The van der Waals surface area contributed by atoms with Gasteiger partial charge in [0.15, 0.2) is 0 Å². The Labute approximate surface area is 119 Å². The molecule has 0 heterocycles. The highest BCUT2D eigenvalue weighted by Crippen LogP contribution is 2.25. The molecule has 0 aliphatic rings. The van der Waals surface area contributed by atoms with E-state index in [4.69, 9.17) is 17.4 Å². The van der Waals surface area contributed by atoms with Crippen LogP contribution in [0.15, 0.2) is 36.4 Å². The van der Waals surface area contributed by atoms with Gasteiger partial charge in [-0.05, 0) is 30.2 Å². The molecular formula is C14H12ClF3N2. The zero-order valence-electron chi connectivity index (χ0n) is 10.3. The molecule has 0 aliphatic heterocycles. The van der Waals surface area contributed by atoms with Crippen molar-refractivity contribution in [2.75, 3.05) is 0 Å². The lowest BCUT2D eigenvalue weighted by molar-refractivity contribution is 0.506. The summed E-state index contributed by atoms with van der Waals surface area (Å²) in [5.41, 5.74) is 3.04. The maximum atomic E-state index is 13.9. The second-order valence-electron chi connectivity index (χ2n) is 4.34. The van der Waals surface area contributed by atoms with Crippen LogP contribution in [0, 0.1) is 17.5 Å². The maximum Gasteiger partial charge on any atom is 0.146 e. The number of hydrogen-bond donors (Lipinski definition) is 2. The molecule has 2 aromatic carbocycles. The molecule has 0 fully saturated rings. The van der Waals surface area contributed by atoms with E-state index in [0.717, 1.165) is 6.07 Å². The summed E-state index contributed by atoms with van der Waals surface area (Å²) < 4.78 is 40.2. The Morgan fingerprint density at radius 1 is 1.10 bits per heavy atom. The third-order valence-corrected chi connectivity index (χ3v) is 3.21. The van der Waals surface area contributed by atoms with E-state index in [-0.39, 0.29) is 17.0 Å². The summed E-state index contributed by atoms with van der Waals surface area (Å²) in [7, 11) is 0. The molecule has 2 nitrogen and oxygen atoms in total. The van der Waals surface area contributed by atoms with Crippen LogP contribution in [0.3, 0.4) is 0 Å². The molecular weight excluding hydrogens is 289 g/mol. The average molecular weight is 301 g/mol. The van der Waals surface area contributed by atoms with Gasteiger partial charge in [-0.25, -0.2) is 13.2 Å². The van der Waals surface area contributed by atoms with Gasteiger partial charge in [-0.3, -0.25) is 11.3 Å². The van der Waals surface area contributed by atoms with Gasteiger partial charge in [0.25, 0.3) is 0 Å². The number of hydrogen-bond acceptors (Lipinski definition) is 2. The van der Waals surface area contributed by atoms with Crippen molar-refractivity contribution >= 4 is 11.6 Å². The van der Waals surface area contributed by atoms with Gasteiger partial charge in [0.05, 0.1) is 11.1 Å². The summed E-state index contributed by atoms with van der Waals surface area (Å²) in [6.07, 6.45) is 0.127. The highest BCUT2D eigenvalue weighted by Gasteiger charge is 2.17. The SMILES string of the molecule is NNC(Cc1cc(F)cc(F)c1)c1cccc(Cl)c1F. The van der Waals surface area contributed by atoms with E-state index < -0.39 is 23.5 Å². The molecule has 3 N–H and O–H groups in total. The van der Waals surface area contributed by atoms with Crippen molar-refractivity contribution in [3.05, 3.63) is 70.0 Å². The second-order valence-corrected chi connectivity index (χ2v) is 4.75. The second kappa shape index (κ2) is 6.26. The minimum Gasteiger partial charge on any atom is -0.271 e. The van der Waals surface area contributed by atoms with Gasteiger partial charge in [0.1, 0.15) is 17.5 Å². The van der Waals surface area contributed by atoms with Crippen molar-refractivity contribution in [2.24, 2.45) is 5.84 Å². The molecule has 0 bridgehead atoms. The molecule has 2 aromatic rings. The fourth-order valence-electron chi connectivity index (χ4n) is 2.01. The summed E-state index contributed by atoms with van der Waals surface area (Å²) in [4.78, 5) is 0. The van der Waals surface area contributed by atoms with Crippen LogP contribution < -0.4 is 11.3 Å². The molecule has 0 saturated carbocycles. The number of nitrogens with two attached hydrogens (primary N) is 1. The number of rotatable bonds is 4. The number of benzene rings is 2. The van der Waals surface area contributed by atoms with Gasteiger partial charge in [-0.2, -0.15) is 0 Å². The Kier molecular flexibility index (Phi) is 4.65. The molecule has 106 valence electrons. The lowest BCUT2D eigenvalue weighted by Gasteiger charge is -2.17. The Balaban J connectivity index is 2.31. The molecule has 2 rings (SSSR count). The number of halogens is 4. The smallest absolute Gasteiger partial charge is 0.146 e. The lowest BCUT2D eigenvalue weighted by Crippen LogP contribution is -2.30. The van der Waals surface area contributed by atoms with Crippen molar-refractivity contribution in [3.63, 3.8) is 0 Å². The highest BCUT2D eigenvalue weighted by atomic mass is 35.5. The fraction of sp³-hybridized carbons (Fsp3) is 0.143. The molecule has 1 atom stereocenters. The largest absolute Gasteiger partial charge is 0.271 e. The molecule has 0 aliphatic carbocycles. The molecule has 1 unspecified atom stereocenters. The predicted octanol–water partition coefficient (Wildman–Crippen LogP) is 3.50. The van der Waals surface area contributed by atoms with E-state index >= 15 is 0 Å². The topological polar surface area (TPSA) is 38.0 Å². The Bertz CT molecular complexity index is 599. The maximum absolute atomic E-state index is 13.9. The molecule has 0 aromatic heterocycles. The third kappa shape index (κ3) is 3.30. The van der Waals surface area contributed by atoms with Crippen LogP contribution in [-0.2, 0) is 6.42 Å². The van der Waals surface area contributed by atoms with Crippen molar-refractivity contribution in [2.45, 2.75) is 12.5 Å². The highest BCUT2D eigenvalue weighted by molar-refractivity contribution is 6.30. The number of hydrazine groups is 1. The first-order chi connectivity index (χ1) is 9.51. The standard InChI is InChI=1S/C14H12ClF3N2/c15-12-3-1-2-11(14(12)18)13(20-19)6-8-4-9(16)7-10(17)5-8/h1-5,7,13,20H,6,19H2.